The Morgan fingerprint density at radius 3 is 2.64 bits per heavy atom. The molecule has 1 aromatic rings. The van der Waals surface area contributed by atoms with Gasteiger partial charge in [0.15, 0.2) is 0 Å². The molecular weight excluding hydrogens is 299 g/mol. The molecule has 0 saturated carbocycles. The smallest absolute Gasteiger partial charge is 0.405 e. The molecule has 0 aliphatic rings. The third kappa shape index (κ3) is 6.62. The van der Waals surface area contributed by atoms with Crippen molar-refractivity contribution in [1.29, 1.82) is 0 Å². The molecule has 0 fully saturated rings. The van der Waals surface area contributed by atoms with E-state index in [9.17, 15) is 18.0 Å². The van der Waals surface area contributed by atoms with Crippen LogP contribution < -0.4 is 4.74 Å². The van der Waals surface area contributed by atoms with Crippen LogP contribution in [0, 0.1) is 0 Å². The second-order valence-electron chi connectivity index (χ2n) is 4.53. The van der Waals surface area contributed by atoms with E-state index in [-0.39, 0.29) is 17.2 Å². The molecule has 22 heavy (non-hydrogen) atoms. The molecule has 0 aromatic heterocycles. The van der Waals surface area contributed by atoms with Crippen molar-refractivity contribution in [3.8, 4) is 5.75 Å². The molecule has 4 nitrogen and oxygen atoms in total. The molecule has 0 atom stereocenters. The molecule has 7 heteroatoms. The minimum Gasteiger partial charge on any atom is -0.405 e. The number of carbonyl (C=O) groups is 1. The summed E-state index contributed by atoms with van der Waals surface area (Å²) in [4.78, 5) is 13.3. The Balaban J connectivity index is 2.71. The molecule has 0 unspecified atom stereocenters. The number of rotatable bonds is 7. The number of alkyl halides is 3. The Kier molecular flexibility index (Phi) is 6.91. The second kappa shape index (κ2) is 8.43. The number of ether oxygens (including phenoxy) is 2. The van der Waals surface area contributed by atoms with Crippen LogP contribution in [0.2, 0.25) is 0 Å². The van der Waals surface area contributed by atoms with E-state index in [2.05, 4.69) is 4.74 Å². The largest absolute Gasteiger partial charge is 0.573 e. The number of nitrogens with zero attached hydrogens (tertiary/aromatic N) is 1. The van der Waals surface area contributed by atoms with E-state index in [1.54, 1.807) is 20.2 Å². The number of carbonyl (C=O) groups excluding carboxylic acids is 1. The van der Waals surface area contributed by atoms with Gasteiger partial charge in [0.05, 0.1) is 0 Å². The van der Waals surface area contributed by atoms with Gasteiger partial charge in [-0.3, -0.25) is 4.79 Å². The number of amides is 1. The van der Waals surface area contributed by atoms with Gasteiger partial charge in [-0.1, -0.05) is 18.2 Å². The Morgan fingerprint density at radius 2 is 2.00 bits per heavy atom. The molecule has 0 aliphatic carbocycles. The third-order valence-corrected chi connectivity index (χ3v) is 2.77. The van der Waals surface area contributed by atoms with Crippen LogP contribution in [0.25, 0.3) is 6.08 Å². The highest BCUT2D eigenvalue weighted by Gasteiger charge is 2.31. The van der Waals surface area contributed by atoms with E-state index >= 15 is 0 Å². The maximum Gasteiger partial charge on any atom is 0.573 e. The van der Waals surface area contributed by atoms with E-state index in [0.717, 1.165) is 0 Å². The Bertz CT molecular complexity index is 515. The average Bonchev–Trinajstić information content (AvgIpc) is 2.44. The molecule has 0 N–H and O–H groups in total. The summed E-state index contributed by atoms with van der Waals surface area (Å²) in [6.07, 6.45) is -1.58. The highest BCUT2D eigenvalue weighted by Crippen LogP contribution is 2.26. The number of likely N-dealkylation sites (N-methyl/N-ethyl adjacent to an activating group) is 1. The summed E-state index contributed by atoms with van der Waals surface area (Å²) >= 11 is 0. The molecule has 1 aromatic carbocycles. The minimum atomic E-state index is -4.77. The van der Waals surface area contributed by atoms with E-state index in [1.807, 2.05) is 0 Å². The maximum atomic E-state index is 12.3. The van der Waals surface area contributed by atoms with Crippen molar-refractivity contribution in [2.75, 3.05) is 27.3 Å². The Morgan fingerprint density at radius 1 is 1.32 bits per heavy atom. The van der Waals surface area contributed by atoms with Gasteiger partial charge in [-0.05, 0) is 18.6 Å². The maximum absolute atomic E-state index is 12.3. The Hall–Kier alpha value is -2.02. The van der Waals surface area contributed by atoms with Crippen LogP contribution in [0.5, 0.6) is 5.75 Å². The molecular formula is C15H18F3NO3. The number of hydrogen-bond donors (Lipinski definition) is 0. The van der Waals surface area contributed by atoms with Gasteiger partial charge in [0.2, 0.25) is 5.91 Å². The van der Waals surface area contributed by atoms with Crippen molar-refractivity contribution in [2.45, 2.75) is 12.8 Å². The van der Waals surface area contributed by atoms with Crippen LogP contribution >= 0.6 is 0 Å². The Labute approximate surface area is 127 Å². The van der Waals surface area contributed by atoms with Crippen LogP contribution in [-0.2, 0) is 9.53 Å². The average molecular weight is 317 g/mol. The van der Waals surface area contributed by atoms with E-state index < -0.39 is 6.36 Å². The van der Waals surface area contributed by atoms with Crippen LogP contribution in [-0.4, -0.2) is 44.5 Å². The molecule has 0 spiro atoms. The summed E-state index contributed by atoms with van der Waals surface area (Å²) in [6, 6.07) is 5.63. The van der Waals surface area contributed by atoms with Gasteiger partial charge in [-0.2, -0.15) is 0 Å². The predicted octanol–water partition coefficient (Wildman–Crippen LogP) is 3.09. The molecule has 1 amide bonds. The zero-order valence-electron chi connectivity index (χ0n) is 12.4. The van der Waals surface area contributed by atoms with Gasteiger partial charge < -0.3 is 14.4 Å². The summed E-state index contributed by atoms with van der Waals surface area (Å²) < 4.78 is 45.7. The lowest BCUT2D eigenvalue weighted by molar-refractivity contribution is -0.274. The summed E-state index contributed by atoms with van der Waals surface area (Å²) in [5, 5.41) is 0. The molecule has 1 rings (SSSR count). The quantitative estimate of drug-likeness (QED) is 0.573. The molecule has 0 heterocycles. The molecule has 0 bridgehead atoms. The van der Waals surface area contributed by atoms with Crippen LogP contribution in [0.15, 0.2) is 30.3 Å². The van der Waals surface area contributed by atoms with Gasteiger partial charge in [0.25, 0.3) is 0 Å². The van der Waals surface area contributed by atoms with E-state index in [4.69, 9.17) is 4.74 Å². The van der Waals surface area contributed by atoms with Gasteiger partial charge in [-0.25, -0.2) is 0 Å². The highest BCUT2D eigenvalue weighted by atomic mass is 19.4. The summed E-state index contributed by atoms with van der Waals surface area (Å²) in [5.74, 6) is -0.654. The summed E-state index contributed by atoms with van der Waals surface area (Å²) in [7, 11) is 3.18. The number of methoxy groups -OCH3 is 1. The van der Waals surface area contributed by atoms with Gasteiger partial charge in [0.1, 0.15) is 5.75 Å². The molecule has 122 valence electrons. The second-order valence-corrected chi connectivity index (χ2v) is 4.53. The van der Waals surface area contributed by atoms with Crippen LogP contribution in [0.4, 0.5) is 13.2 Å². The first kappa shape index (κ1) is 18.0. The molecule has 0 radical (unpaired) electrons. The number of benzene rings is 1. The SMILES string of the molecule is COCCCN(C)C(=O)/C=C/c1ccccc1OC(F)(F)F. The molecule has 0 aliphatic heterocycles. The fourth-order valence-corrected chi connectivity index (χ4v) is 1.68. The first-order chi connectivity index (χ1) is 10.3. The fraction of sp³-hybridized carbons (Fsp3) is 0.400. The van der Waals surface area contributed by atoms with E-state index in [1.165, 1.54) is 35.3 Å². The predicted molar refractivity (Wildman–Crippen MR) is 76.3 cm³/mol. The van der Waals surface area contributed by atoms with Gasteiger partial charge >= 0.3 is 6.36 Å². The van der Waals surface area contributed by atoms with E-state index in [0.29, 0.717) is 19.6 Å². The number of para-hydroxylation sites is 1. The lowest BCUT2D eigenvalue weighted by Crippen LogP contribution is -2.26. The van der Waals surface area contributed by atoms with Crippen molar-refractivity contribution < 1.29 is 27.4 Å². The van der Waals surface area contributed by atoms with Crippen LogP contribution in [0.1, 0.15) is 12.0 Å². The third-order valence-electron chi connectivity index (χ3n) is 2.77. The number of halogens is 3. The normalized spacial score (nSPS) is 11.7. The van der Waals surface area contributed by atoms with Crippen molar-refractivity contribution in [3.63, 3.8) is 0 Å². The van der Waals surface area contributed by atoms with Crippen molar-refractivity contribution in [2.24, 2.45) is 0 Å². The first-order valence-electron chi connectivity index (χ1n) is 6.60. The lowest BCUT2D eigenvalue weighted by Gasteiger charge is -2.14. The lowest BCUT2D eigenvalue weighted by atomic mass is 10.2. The van der Waals surface area contributed by atoms with Gasteiger partial charge in [0, 0.05) is 38.9 Å². The fourth-order valence-electron chi connectivity index (χ4n) is 1.68. The van der Waals surface area contributed by atoms with Crippen molar-refractivity contribution in [1.82, 2.24) is 4.90 Å². The first-order valence-corrected chi connectivity index (χ1v) is 6.60. The molecule has 0 saturated heterocycles. The van der Waals surface area contributed by atoms with Crippen molar-refractivity contribution >= 4 is 12.0 Å². The zero-order valence-corrected chi connectivity index (χ0v) is 12.4. The topological polar surface area (TPSA) is 38.8 Å². The van der Waals surface area contributed by atoms with Crippen LogP contribution in [0.3, 0.4) is 0 Å². The highest BCUT2D eigenvalue weighted by molar-refractivity contribution is 5.92. The monoisotopic (exact) mass is 317 g/mol. The van der Waals surface area contributed by atoms with Gasteiger partial charge in [-0.15, -0.1) is 13.2 Å². The summed E-state index contributed by atoms with van der Waals surface area (Å²) in [6.45, 7) is 1.03. The number of hydrogen-bond acceptors (Lipinski definition) is 3. The zero-order chi connectivity index (χ0) is 16.6. The van der Waals surface area contributed by atoms with Crippen molar-refractivity contribution in [3.05, 3.63) is 35.9 Å². The standard InChI is InChI=1S/C15H18F3NO3/c1-19(10-5-11-21-2)14(20)9-8-12-6-3-4-7-13(12)22-15(16,17)18/h3-4,6-9H,5,10-11H2,1-2H3/b9-8+. The minimum absolute atomic E-state index is 0.179. The summed E-state index contributed by atoms with van der Waals surface area (Å²) in [5.41, 5.74) is 0.179.